The van der Waals surface area contributed by atoms with Gasteiger partial charge >= 0.3 is 0 Å². The highest BCUT2D eigenvalue weighted by Crippen LogP contribution is 2.15. The zero-order chi connectivity index (χ0) is 12.9. The Morgan fingerprint density at radius 2 is 2.12 bits per heavy atom. The standard InChI is InChI=1S/C12H18BrNO2S/c1-3-10(2)17(15,16)8-7-14-12-6-4-5-11(13)9-12/h4-6,9-10,14H,3,7-8H2,1-2H3. The maximum absolute atomic E-state index is 11.8. The summed E-state index contributed by atoms with van der Waals surface area (Å²) < 4.78 is 24.5. The number of nitrogens with one attached hydrogen (secondary N) is 1. The number of sulfone groups is 1. The SMILES string of the molecule is CCC(C)S(=O)(=O)CCNc1cccc(Br)c1. The van der Waals surface area contributed by atoms with Crippen molar-refractivity contribution in [1.29, 1.82) is 0 Å². The second kappa shape index (κ2) is 6.40. The second-order valence-electron chi connectivity index (χ2n) is 4.02. The third kappa shape index (κ3) is 4.68. The lowest BCUT2D eigenvalue weighted by Crippen LogP contribution is -2.24. The molecule has 0 aliphatic rings. The van der Waals surface area contributed by atoms with Crippen LogP contribution in [0.25, 0.3) is 0 Å². The van der Waals surface area contributed by atoms with E-state index in [1.165, 1.54) is 0 Å². The molecule has 1 atom stereocenters. The molecule has 0 aliphatic heterocycles. The molecule has 0 saturated carbocycles. The van der Waals surface area contributed by atoms with Gasteiger partial charge < -0.3 is 5.32 Å². The van der Waals surface area contributed by atoms with Gasteiger partial charge in [0.05, 0.1) is 11.0 Å². The maximum Gasteiger partial charge on any atom is 0.154 e. The van der Waals surface area contributed by atoms with E-state index < -0.39 is 9.84 Å². The van der Waals surface area contributed by atoms with Crippen LogP contribution >= 0.6 is 15.9 Å². The van der Waals surface area contributed by atoms with Gasteiger partial charge in [-0.2, -0.15) is 0 Å². The van der Waals surface area contributed by atoms with E-state index in [4.69, 9.17) is 0 Å². The molecule has 0 amide bonds. The zero-order valence-corrected chi connectivity index (χ0v) is 12.5. The summed E-state index contributed by atoms with van der Waals surface area (Å²) in [7, 11) is -2.96. The van der Waals surface area contributed by atoms with Crippen LogP contribution in [0.1, 0.15) is 20.3 Å². The van der Waals surface area contributed by atoms with Crippen molar-refractivity contribution in [2.45, 2.75) is 25.5 Å². The zero-order valence-electron chi connectivity index (χ0n) is 10.1. The number of anilines is 1. The van der Waals surface area contributed by atoms with Crippen molar-refractivity contribution in [3.8, 4) is 0 Å². The summed E-state index contributed by atoms with van der Waals surface area (Å²) in [4.78, 5) is 0. The van der Waals surface area contributed by atoms with Crippen LogP contribution in [0.4, 0.5) is 5.69 Å². The largest absolute Gasteiger partial charge is 0.384 e. The average Bonchev–Trinajstić information content (AvgIpc) is 2.27. The van der Waals surface area contributed by atoms with Gasteiger partial charge in [0.25, 0.3) is 0 Å². The summed E-state index contributed by atoms with van der Waals surface area (Å²) in [5.41, 5.74) is 0.929. The minimum absolute atomic E-state index is 0.175. The van der Waals surface area contributed by atoms with Crippen molar-refractivity contribution < 1.29 is 8.42 Å². The Labute approximate surface area is 112 Å². The molecular formula is C12H18BrNO2S. The molecule has 1 N–H and O–H groups in total. The topological polar surface area (TPSA) is 46.2 Å². The number of hydrogen-bond donors (Lipinski definition) is 1. The normalized spacial score (nSPS) is 13.4. The average molecular weight is 320 g/mol. The Morgan fingerprint density at radius 3 is 2.71 bits per heavy atom. The third-order valence-electron chi connectivity index (χ3n) is 2.73. The molecule has 0 aromatic heterocycles. The van der Waals surface area contributed by atoms with Gasteiger partial charge in [0.2, 0.25) is 0 Å². The van der Waals surface area contributed by atoms with Crippen molar-refractivity contribution in [3.63, 3.8) is 0 Å². The van der Waals surface area contributed by atoms with Gasteiger partial charge in [0.15, 0.2) is 9.84 Å². The fraction of sp³-hybridized carbons (Fsp3) is 0.500. The van der Waals surface area contributed by atoms with Gasteiger partial charge in [0, 0.05) is 16.7 Å². The van der Waals surface area contributed by atoms with Crippen LogP contribution in [0.15, 0.2) is 28.7 Å². The van der Waals surface area contributed by atoms with Crippen molar-refractivity contribution in [1.82, 2.24) is 0 Å². The first-order chi connectivity index (χ1) is 7.95. The second-order valence-corrected chi connectivity index (χ2v) is 7.48. The van der Waals surface area contributed by atoms with Gasteiger partial charge in [-0.15, -0.1) is 0 Å². The Hall–Kier alpha value is -0.550. The number of halogens is 1. The van der Waals surface area contributed by atoms with Crippen LogP contribution < -0.4 is 5.32 Å². The summed E-state index contributed by atoms with van der Waals surface area (Å²) >= 11 is 3.37. The molecule has 1 aromatic carbocycles. The predicted octanol–water partition coefficient (Wildman–Crippen LogP) is 3.07. The molecule has 1 unspecified atom stereocenters. The van der Waals surface area contributed by atoms with E-state index in [-0.39, 0.29) is 11.0 Å². The molecule has 0 saturated heterocycles. The fourth-order valence-electron chi connectivity index (χ4n) is 1.39. The molecule has 0 heterocycles. The van der Waals surface area contributed by atoms with E-state index in [0.717, 1.165) is 10.2 Å². The number of hydrogen-bond acceptors (Lipinski definition) is 3. The Bertz CT molecular complexity index is 459. The minimum Gasteiger partial charge on any atom is -0.384 e. The quantitative estimate of drug-likeness (QED) is 0.876. The molecular weight excluding hydrogens is 302 g/mol. The molecule has 0 aliphatic carbocycles. The molecule has 1 rings (SSSR count). The van der Waals surface area contributed by atoms with Gasteiger partial charge in [0.1, 0.15) is 0 Å². The predicted molar refractivity (Wildman–Crippen MR) is 76.2 cm³/mol. The van der Waals surface area contributed by atoms with Crippen molar-refractivity contribution >= 4 is 31.5 Å². The number of rotatable bonds is 6. The molecule has 17 heavy (non-hydrogen) atoms. The molecule has 0 fully saturated rings. The molecule has 3 nitrogen and oxygen atoms in total. The molecule has 1 aromatic rings. The fourth-order valence-corrected chi connectivity index (χ4v) is 3.09. The molecule has 0 spiro atoms. The highest BCUT2D eigenvalue weighted by molar-refractivity contribution is 9.10. The van der Waals surface area contributed by atoms with Crippen molar-refractivity contribution in [2.24, 2.45) is 0 Å². The molecule has 96 valence electrons. The van der Waals surface area contributed by atoms with E-state index >= 15 is 0 Å². The van der Waals surface area contributed by atoms with Crippen LogP contribution in [-0.2, 0) is 9.84 Å². The lowest BCUT2D eigenvalue weighted by atomic mass is 10.3. The summed E-state index contributed by atoms with van der Waals surface area (Å²) in [5.74, 6) is 0.175. The van der Waals surface area contributed by atoms with Gasteiger partial charge in [-0.1, -0.05) is 28.9 Å². The first-order valence-corrected chi connectivity index (χ1v) is 8.17. The Kier molecular flexibility index (Phi) is 5.46. The molecule has 5 heteroatoms. The highest BCUT2D eigenvalue weighted by atomic mass is 79.9. The molecule has 0 radical (unpaired) electrons. The van der Waals surface area contributed by atoms with Crippen LogP contribution in [0.5, 0.6) is 0 Å². The van der Waals surface area contributed by atoms with Crippen molar-refractivity contribution in [2.75, 3.05) is 17.6 Å². The van der Waals surface area contributed by atoms with Crippen LogP contribution in [0.2, 0.25) is 0 Å². The first kappa shape index (κ1) is 14.5. The molecule has 0 bridgehead atoms. The minimum atomic E-state index is -2.96. The number of benzene rings is 1. The summed E-state index contributed by atoms with van der Waals surface area (Å²) in [6, 6.07) is 7.69. The third-order valence-corrected chi connectivity index (χ3v) is 5.55. The monoisotopic (exact) mass is 319 g/mol. The highest BCUT2D eigenvalue weighted by Gasteiger charge is 2.17. The maximum atomic E-state index is 11.8. The van der Waals surface area contributed by atoms with E-state index in [1.54, 1.807) is 6.92 Å². The van der Waals surface area contributed by atoms with Crippen LogP contribution in [0.3, 0.4) is 0 Å². The van der Waals surface area contributed by atoms with Crippen molar-refractivity contribution in [3.05, 3.63) is 28.7 Å². The van der Waals surface area contributed by atoms with Gasteiger partial charge in [-0.05, 0) is 31.5 Å². The Morgan fingerprint density at radius 1 is 1.41 bits per heavy atom. The lowest BCUT2D eigenvalue weighted by molar-refractivity contribution is 0.581. The van der Waals surface area contributed by atoms with E-state index in [9.17, 15) is 8.42 Å². The first-order valence-electron chi connectivity index (χ1n) is 5.66. The smallest absolute Gasteiger partial charge is 0.154 e. The van der Waals surface area contributed by atoms with Crippen LogP contribution in [-0.4, -0.2) is 26.0 Å². The van der Waals surface area contributed by atoms with Crippen LogP contribution in [0, 0.1) is 0 Å². The van der Waals surface area contributed by atoms with E-state index in [0.29, 0.717) is 13.0 Å². The van der Waals surface area contributed by atoms with E-state index in [2.05, 4.69) is 21.2 Å². The van der Waals surface area contributed by atoms with Gasteiger partial charge in [-0.3, -0.25) is 0 Å². The summed E-state index contributed by atoms with van der Waals surface area (Å²) in [6.07, 6.45) is 0.666. The van der Waals surface area contributed by atoms with E-state index in [1.807, 2.05) is 31.2 Å². The summed E-state index contributed by atoms with van der Waals surface area (Å²) in [5, 5.41) is 2.85. The Balaban J connectivity index is 2.48. The van der Waals surface area contributed by atoms with Gasteiger partial charge in [-0.25, -0.2) is 8.42 Å². The lowest BCUT2D eigenvalue weighted by Gasteiger charge is -2.11. The summed E-state index contributed by atoms with van der Waals surface area (Å²) in [6.45, 7) is 4.10.